The lowest BCUT2D eigenvalue weighted by Gasteiger charge is -2.10. The Bertz CT molecular complexity index is 661. The van der Waals surface area contributed by atoms with Crippen molar-refractivity contribution in [3.8, 4) is 11.6 Å². The molecule has 0 bridgehead atoms. The van der Waals surface area contributed by atoms with Crippen molar-refractivity contribution in [3.63, 3.8) is 0 Å². The molecule has 1 aromatic heterocycles. The van der Waals surface area contributed by atoms with Crippen LogP contribution in [0.3, 0.4) is 0 Å². The fourth-order valence-electron chi connectivity index (χ4n) is 1.96. The van der Waals surface area contributed by atoms with Gasteiger partial charge in [0, 0.05) is 18.5 Å². The Morgan fingerprint density at radius 3 is 2.81 bits per heavy atom. The minimum Gasteiger partial charge on any atom is -0.437 e. The van der Waals surface area contributed by atoms with Crippen molar-refractivity contribution < 1.29 is 9.13 Å². The van der Waals surface area contributed by atoms with Gasteiger partial charge in [0.05, 0.1) is 5.02 Å². The lowest BCUT2D eigenvalue weighted by Crippen LogP contribution is -2.04. The fourth-order valence-corrected chi connectivity index (χ4v) is 2.17. The van der Waals surface area contributed by atoms with E-state index in [1.165, 1.54) is 18.2 Å². The molecule has 110 valence electrons. The number of nitrogens with zero attached hydrogens (tertiary/aromatic N) is 2. The topological polar surface area (TPSA) is 47.0 Å². The Kier molecular flexibility index (Phi) is 3.92. The van der Waals surface area contributed by atoms with Crippen LogP contribution < -0.4 is 10.1 Å². The Balaban J connectivity index is 1.89. The highest BCUT2D eigenvalue weighted by Gasteiger charge is 2.27. The van der Waals surface area contributed by atoms with Crippen LogP contribution in [0, 0.1) is 5.82 Å². The van der Waals surface area contributed by atoms with E-state index in [1.54, 1.807) is 6.07 Å². The molecule has 0 aliphatic heterocycles. The van der Waals surface area contributed by atoms with Crippen molar-refractivity contribution in [2.45, 2.75) is 25.7 Å². The van der Waals surface area contributed by atoms with Crippen molar-refractivity contribution in [2.24, 2.45) is 0 Å². The second-order valence-corrected chi connectivity index (χ2v) is 5.34. The normalized spacial score (nSPS) is 14.0. The third-order valence-electron chi connectivity index (χ3n) is 3.13. The predicted molar refractivity (Wildman–Crippen MR) is 79.7 cm³/mol. The van der Waals surface area contributed by atoms with E-state index in [4.69, 9.17) is 16.3 Å². The molecule has 1 aliphatic carbocycles. The van der Waals surface area contributed by atoms with Gasteiger partial charge >= 0.3 is 0 Å². The molecule has 0 spiro atoms. The third kappa shape index (κ3) is 3.42. The fraction of sp³-hybridized carbons (Fsp3) is 0.333. The van der Waals surface area contributed by atoms with Crippen LogP contribution in [0.5, 0.6) is 11.6 Å². The van der Waals surface area contributed by atoms with Crippen molar-refractivity contribution in [1.82, 2.24) is 9.97 Å². The Morgan fingerprint density at radius 1 is 1.33 bits per heavy atom. The van der Waals surface area contributed by atoms with E-state index in [1.807, 2.05) is 6.92 Å². The van der Waals surface area contributed by atoms with E-state index >= 15 is 0 Å². The van der Waals surface area contributed by atoms with Gasteiger partial charge in [-0.3, -0.25) is 0 Å². The molecule has 0 radical (unpaired) electrons. The number of ether oxygens (including phenoxy) is 1. The molecule has 6 heteroatoms. The minimum atomic E-state index is -0.401. The average Bonchev–Trinajstić information content (AvgIpc) is 3.27. The summed E-state index contributed by atoms with van der Waals surface area (Å²) < 4.78 is 18.7. The molecule has 1 N–H and O–H groups in total. The standard InChI is InChI=1S/C15H15ClFN3O/c1-2-18-13-8-14(20-15(19-13)9-3-4-9)21-12-6-5-10(17)7-11(12)16/h5-9H,2-4H2,1H3,(H,18,19,20). The van der Waals surface area contributed by atoms with Crippen LogP contribution in [0.4, 0.5) is 10.2 Å². The van der Waals surface area contributed by atoms with Crippen molar-refractivity contribution in [2.75, 3.05) is 11.9 Å². The van der Waals surface area contributed by atoms with Crippen LogP contribution in [0.25, 0.3) is 0 Å². The second kappa shape index (κ2) is 5.85. The van der Waals surface area contributed by atoms with Crippen LogP contribution in [-0.4, -0.2) is 16.5 Å². The Morgan fingerprint density at radius 2 is 2.14 bits per heavy atom. The van der Waals surface area contributed by atoms with Crippen LogP contribution in [0.2, 0.25) is 5.02 Å². The molecule has 0 amide bonds. The first-order valence-corrected chi connectivity index (χ1v) is 7.29. The summed E-state index contributed by atoms with van der Waals surface area (Å²) in [5.74, 6) is 2.30. The summed E-state index contributed by atoms with van der Waals surface area (Å²) in [5, 5.41) is 3.37. The molecule has 3 rings (SSSR count). The number of hydrogen-bond donors (Lipinski definition) is 1. The van der Waals surface area contributed by atoms with Gasteiger partial charge < -0.3 is 10.1 Å². The highest BCUT2D eigenvalue weighted by atomic mass is 35.5. The zero-order valence-electron chi connectivity index (χ0n) is 11.6. The summed E-state index contributed by atoms with van der Waals surface area (Å²) >= 11 is 5.97. The molecule has 0 saturated heterocycles. The van der Waals surface area contributed by atoms with Crippen LogP contribution in [0.1, 0.15) is 31.5 Å². The van der Waals surface area contributed by atoms with E-state index in [0.717, 1.165) is 31.0 Å². The van der Waals surface area contributed by atoms with Gasteiger partial charge in [0.15, 0.2) is 0 Å². The number of hydrogen-bond acceptors (Lipinski definition) is 4. The number of aromatic nitrogens is 2. The first-order chi connectivity index (χ1) is 10.2. The summed E-state index contributed by atoms with van der Waals surface area (Å²) in [6, 6.07) is 5.72. The summed E-state index contributed by atoms with van der Waals surface area (Å²) in [6.07, 6.45) is 2.21. The molecule has 1 fully saturated rings. The van der Waals surface area contributed by atoms with Crippen LogP contribution >= 0.6 is 11.6 Å². The number of halogens is 2. The van der Waals surface area contributed by atoms with Crippen LogP contribution in [-0.2, 0) is 0 Å². The highest BCUT2D eigenvalue weighted by molar-refractivity contribution is 6.32. The molecule has 1 saturated carbocycles. The first kappa shape index (κ1) is 14.1. The Hall–Kier alpha value is -1.88. The predicted octanol–water partition coefficient (Wildman–Crippen LogP) is 4.37. The summed E-state index contributed by atoms with van der Waals surface area (Å²) in [4.78, 5) is 8.88. The summed E-state index contributed by atoms with van der Waals surface area (Å²) in [7, 11) is 0. The number of nitrogens with one attached hydrogen (secondary N) is 1. The van der Waals surface area contributed by atoms with Gasteiger partial charge in [-0.2, -0.15) is 4.98 Å². The van der Waals surface area contributed by atoms with Gasteiger partial charge in [-0.05, 0) is 38.0 Å². The van der Waals surface area contributed by atoms with Gasteiger partial charge in [-0.1, -0.05) is 11.6 Å². The third-order valence-corrected chi connectivity index (χ3v) is 3.42. The highest BCUT2D eigenvalue weighted by Crippen LogP contribution is 2.39. The SMILES string of the molecule is CCNc1cc(Oc2ccc(F)cc2Cl)nc(C2CC2)n1. The van der Waals surface area contributed by atoms with Crippen LogP contribution in [0.15, 0.2) is 24.3 Å². The molecule has 2 aromatic rings. The average molecular weight is 308 g/mol. The lowest BCUT2D eigenvalue weighted by molar-refractivity contribution is 0.457. The lowest BCUT2D eigenvalue weighted by atomic mass is 10.3. The van der Waals surface area contributed by atoms with Crippen molar-refractivity contribution in [3.05, 3.63) is 40.9 Å². The minimum absolute atomic E-state index is 0.214. The van der Waals surface area contributed by atoms with E-state index in [9.17, 15) is 4.39 Å². The summed E-state index contributed by atoms with van der Waals surface area (Å²) in [5.41, 5.74) is 0. The molecular formula is C15H15ClFN3O. The molecule has 21 heavy (non-hydrogen) atoms. The van der Waals surface area contributed by atoms with Gasteiger partial charge in [0.2, 0.25) is 5.88 Å². The Labute approximate surface area is 127 Å². The number of anilines is 1. The van der Waals surface area contributed by atoms with E-state index < -0.39 is 5.82 Å². The molecular weight excluding hydrogens is 293 g/mol. The van der Waals surface area contributed by atoms with E-state index in [0.29, 0.717) is 17.5 Å². The van der Waals surface area contributed by atoms with Gasteiger partial charge in [-0.25, -0.2) is 9.37 Å². The van der Waals surface area contributed by atoms with E-state index in [2.05, 4.69) is 15.3 Å². The number of benzene rings is 1. The molecule has 1 heterocycles. The largest absolute Gasteiger partial charge is 0.437 e. The number of rotatable bonds is 5. The van der Waals surface area contributed by atoms with Gasteiger partial charge in [0.1, 0.15) is 23.2 Å². The molecule has 0 unspecified atom stereocenters. The molecule has 4 nitrogen and oxygen atoms in total. The molecule has 1 aromatic carbocycles. The second-order valence-electron chi connectivity index (χ2n) is 4.93. The monoisotopic (exact) mass is 307 g/mol. The zero-order chi connectivity index (χ0) is 14.8. The summed E-state index contributed by atoms with van der Waals surface area (Å²) in [6.45, 7) is 2.76. The van der Waals surface area contributed by atoms with Gasteiger partial charge in [-0.15, -0.1) is 0 Å². The van der Waals surface area contributed by atoms with Crippen molar-refractivity contribution >= 4 is 17.4 Å². The van der Waals surface area contributed by atoms with E-state index in [-0.39, 0.29) is 5.02 Å². The zero-order valence-corrected chi connectivity index (χ0v) is 12.3. The smallest absolute Gasteiger partial charge is 0.224 e. The van der Waals surface area contributed by atoms with Crippen molar-refractivity contribution in [1.29, 1.82) is 0 Å². The molecule has 1 aliphatic rings. The first-order valence-electron chi connectivity index (χ1n) is 6.91. The quantitative estimate of drug-likeness (QED) is 0.891. The van der Waals surface area contributed by atoms with Gasteiger partial charge in [0.25, 0.3) is 0 Å². The molecule has 0 atom stereocenters. The maximum atomic E-state index is 13.1. The maximum Gasteiger partial charge on any atom is 0.224 e. The maximum absolute atomic E-state index is 13.1.